The fourth-order valence-corrected chi connectivity index (χ4v) is 3.70. The van der Waals surface area contributed by atoms with Gasteiger partial charge in [0.15, 0.2) is 9.84 Å². The van der Waals surface area contributed by atoms with Gasteiger partial charge >= 0.3 is 0 Å². The Balaban J connectivity index is 2.24. The molecular weight excluding hydrogens is 316 g/mol. The summed E-state index contributed by atoms with van der Waals surface area (Å²) in [5.74, 6) is 0.475. The van der Waals surface area contributed by atoms with Gasteiger partial charge in [0.25, 0.3) is 0 Å². The van der Waals surface area contributed by atoms with Crippen molar-refractivity contribution in [3.8, 4) is 0 Å². The number of hydrogen-bond donors (Lipinski definition) is 1. The van der Waals surface area contributed by atoms with Crippen molar-refractivity contribution in [2.75, 3.05) is 36.0 Å². The number of anilines is 1. The zero-order valence-electron chi connectivity index (χ0n) is 10.1. The van der Waals surface area contributed by atoms with Gasteiger partial charge in [-0.2, -0.15) is 0 Å². The Morgan fingerprint density at radius 2 is 1.94 bits per heavy atom. The highest BCUT2D eigenvalue weighted by molar-refractivity contribution is 9.10. The molecule has 0 spiro atoms. The fourth-order valence-electron chi connectivity index (χ4n) is 2.15. The molecule has 0 aliphatic carbocycles. The lowest BCUT2D eigenvalue weighted by Crippen LogP contribution is -2.40. The zero-order valence-corrected chi connectivity index (χ0v) is 12.5. The zero-order chi connectivity index (χ0) is 13.2. The first-order valence-corrected chi connectivity index (χ1v) is 8.57. The summed E-state index contributed by atoms with van der Waals surface area (Å²) in [6.07, 6.45) is 0.811. The Bertz CT molecular complexity index is 517. The number of nitrogens with zero attached hydrogens (tertiary/aromatic N) is 1. The van der Waals surface area contributed by atoms with Crippen LogP contribution < -0.4 is 10.6 Å². The molecule has 0 bridgehead atoms. The highest BCUT2D eigenvalue weighted by Gasteiger charge is 2.23. The third-order valence-corrected chi connectivity index (χ3v) is 5.25. The molecule has 1 aliphatic heterocycles. The molecule has 1 aromatic rings. The first-order chi connectivity index (χ1) is 8.52. The predicted molar refractivity (Wildman–Crippen MR) is 77.8 cm³/mol. The topological polar surface area (TPSA) is 63.4 Å². The summed E-state index contributed by atoms with van der Waals surface area (Å²) in [6.45, 7) is 1.73. The number of nitrogens with two attached hydrogens (primary N) is 1. The molecule has 1 heterocycles. The molecule has 1 aliphatic rings. The highest BCUT2D eigenvalue weighted by Crippen LogP contribution is 2.26. The van der Waals surface area contributed by atoms with E-state index in [1.54, 1.807) is 0 Å². The van der Waals surface area contributed by atoms with Gasteiger partial charge in [-0.1, -0.05) is 22.0 Å². The molecule has 0 saturated carbocycles. The normalized spacial score (nSPS) is 18.9. The van der Waals surface area contributed by atoms with Gasteiger partial charge in [0.1, 0.15) is 0 Å². The van der Waals surface area contributed by atoms with Gasteiger partial charge in [0.05, 0.1) is 11.5 Å². The van der Waals surface area contributed by atoms with Gasteiger partial charge in [-0.15, -0.1) is 0 Å². The Hall–Kier alpha value is -0.590. The third-order valence-electron chi connectivity index (χ3n) is 3.15. The van der Waals surface area contributed by atoms with Crippen LogP contribution in [-0.4, -0.2) is 39.6 Å². The summed E-state index contributed by atoms with van der Waals surface area (Å²) in [5.41, 5.74) is 7.90. The van der Waals surface area contributed by atoms with E-state index in [2.05, 4.69) is 26.9 Å². The third kappa shape index (κ3) is 3.24. The lowest BCUT2D eigenvalue weighted by Gasteiger charge is -2.30. The van der Waals surface area contributed by atoms with E-state index in [0.29, 0.717) is 19.6 Å². The number of hydrogen-bond acceptors (Lipinski definition) is 4. The van der Waals surface area contributed by atoms with Crippen LogP contribution in [0.1, 0.15) is 5.56 Å². The summed E-state index contributed by atoms with van der Waals surface area (Å²) < 4.78 is 23.9. The van der Waals surface area contributed by atoms with Crippen molar-refractivity contribution in [2.45, 2.75) is 6.42 Å². The van der Waals surface area contributed by atoms with Gasteiger partial charge in [-0.3, -0.25) is 0 Å². The van der Waals surface area contributed by atoms with E-state index in [4.69, 9.17) is 5.73 Å². The van der Waals surface area contributed by atoms with Crippen molar-refractivity contribution in [1.82, 2.24) is 0 Å². The van der Waals surface area contributed by atoms with Crippen molar-refractivity contribution in [2.24, 2.45) is 5.73 Å². The van der Waals surface area contributed by atoms with Crippen LogP contribution in [0.5, 0.6) is 0 Å². The summed E-state index contributed by atoms with van der Waals surface area (Å²) in [6, 6.07) is 6.09. The van der Waals surface area contributed by atoms with Gasteiger partial charge in [-0.25, -0.2) is 8.42 Å². The van der Waals surface area contributed by atoms with Gasteiger partial charge in [0, 0.05) is 23.2 Å². The molecule has 0 radical (unpaired) electrons. The molecule has 2 rings (SSSR count). The Morgan fingerprint density at radius 3 is 2.56 bits per heavy atom. The van der Waals surface area contributed by atoms with E-state index in [1.807, 2.05) is 12.1 Å². The molecule has 0 amide bonds. The molecule has 1 fully saturated rings. The molecule has 0 unspecified atom stereocenters. The molecule has 4 nitrogen and oxygen atoms in total. The number of rotatable bonds is 3. The minimum atomic E-state index is -2.84. The van der Waals surface area contributed by atoms with E-state index >= 15 is 0 Å². The van der Waals surface area contributed by atoms with Crippen molar-refractivity contribution in [3.63, 3.8) is 0 Å². The van der Waals surface area contributed by atoms with Crippen molar-refractivity contribution >= 4 is 31.5 Å². The summed E-state index contributed by atoms with van der Waals surface area (Å²) >= 11 is 3.46. The monoisotopic (exact) mass is 332 g/mol. The number of benzene rings is 1. The maximum atomic E-state index is 11.4. The lowest BCUT2D eigenvalue weighted by molar-refractivity contribution is 0.586. The van der Waals surface area contributed by atoms with Crippen molar-refractivity contribution in [1.29, 1.82) is 0 Å². The Kier molecular flexibility index (Phi) is 4.29. The lowest BCUT2D eigenvalue weighted by atomic mass is 10.1. The second kappa shape index (κ2) is 5.59. The Morgan fingerprint density at radius 1 is 1.28 bits per heavy atom. The SMILES string of the molecule is NCCc1ccc(Br)cc1N1CCS(=O)(=O)CC1. The molecule has 18 heavy (non-hydrogen) atoms. The summed E-state index contributed by atoms with van der Waals surface area (Å²) in [4.78, 5) is 2.14. The fraction of sp³-hybridized carbons (Fsp3) is 0.500. The average Bonchev–Trinajstić information content (AvgIpc) is 2.32. The smallest absolute Gasteiger partial charge is 0.153 e. The molecule has 2 N–H and O–H groups in total. The maximum absolute atomic E-state index is 11.4. The van der Waals surface area contributed by atoms with Crippen LogP contribution >= 0.6 is 15.9 Å². The van der Waals surface area contributed by atoms with Crippen LogP contribution in [0.2, 0.25) is 0 Å². The quantitative estimate of drug-likeness (QED) is 0.902. The largest absolute Gasteiger partial charge is 0.369 e. The molecule has 100 valence electrons. The van der Waals surface area contributed by atoms with Gasteiger partial charge < -0.3 is 10.6 Å². The highest BCUT2D eigenvalue weighted by atomic mass is 79.9. The van der Waals surface area contributed by atoms with Gasteiger partial charge in [0.2, 0.25) is 0 Å². The van der Waals surface area contributed by atoms with E-state index < -0.39 is 9.84 Å². The van der Waals surface area contributed by atoms with Crippen LogP contribution in [0.3, 0.4) is 0 Å². The molecule has 6 heteroatoms. The van der Waals surface area contributed by atoms with Crippen LogP contribution in [0.25, 0.3) is 0 Å². The van der Waals surface area contributed by atoms with Crippen LogP contribution in [0.15, 0.2) is 22.7 Å². The summed E-state index contributed by atoms with van der Waals surface area (Å²) in [7, 11) is -2.84. The van der Waals surface area contributed by atoms with Gasteiger partial charge in [-0.05, 0) is 30.7 Å². The van der Waals surface area contributed by atoms with E-state index in [0.717, 1.165) is 16.6 Å². The van der Waals surface area contributed by atoms with Crippen LogP contribution in [0, 0.1) is 0 Å². The number of halogens is 1. The molecule has 1 saturated heterocycles. The molecule has 1 aromatic carbocycles. The predicted octanol–water partition coefficient (Wildman–Crippen LogP) is 1.19. The molecular formula is C12H17BrN2O2S. The van der Waals surface area contributed by atoms with Crippen molar-refractivity contribution < 1.29 is 8.42 Å². The standard InChI is InChI=1S/C12H17BrN2O2S/c13-11-2-1-10(3-4-14)12(9-11)15-5-7-18(16,17)8-6-15/h1-2,9H,3-8,14H2. The maximum Gasteiger partial charge on any atom is 0.153 e. The number of sulfone groups is 1. The second-order valence-corrected chi connectivity index (χ2v) is 7.67. The van der Waals surface area contributed by atoms with E-state index in [9.17, 15) is 8.42 Å². The van der Waals surface area contributed by atoms with E-state index in [-0.39, 0.29) is 11.5 Å². The Labute approximate surface area is 116 Å². The molecule has 0 atom stereocenters. The average molecular weight is 333 g/mol. The second-order valence-electron chi connectivity index (χ2n) is 4.45. The summed E-state index contributed by atoms with van der Waals surface area (Å²) in [5, 5.41) is 0. The van der Waals surface area contributed by atoms with E-state index in [1.165, 1.54) is 5.56 Å². The first kappa shape index (κ1) is 13.8. The van der Waals surface area contributed by atoms with Crippen LogP contribution in [-0.2, 0) is 16.3 Å². The minimum absolute atomic E-state index is 0.238. The van der Waals surface area contributed by atoms with Crippen LogP contribution in [0.4, 0.5) is 5.69 Å². The minimum Gasteiger partial charge on any atom is -0.369 e. The first-order valence-electron chi connectivity index (χ1n) is 5.96. The van der Waals surface area contributed by atoms with Crippen molar-refractivity contribution in [3.05, 3.63) is 28.2 Å². The molecule has 0 aromatic heterocycles.